The van der Waals surface area contributed by atoms with E-state index in [2.05, 4.69) is 18.2 Å². The first kappa shape index (κ1) is 9.82. The molecule has 0 spiro atoms. The first-order valence-corrected chi connectivity index (χ1v) is 3.46. The molecule has 0 amide bonds. The molecule has 0 saturated heterocycles. The van der Waals surface area contributed by atoms with Gasteiger partial charge in [-0.1, -0.05) is 27.0 Å². The van der Waals surface area contributed by atoms with Crippen LogP contribution in [0.15, 0.2) is 29.9 Å². The summed E-state index contributed by atoms with van der Waals surface area (Å²) in [6, 6.07) is 0. The summed E-state index contributed by atoms with van der Waals surface area (Å²) in [5.41, 5.74) is 0.430. The van der Waals surface area contributed by atoms with Gasteiger partial charge in [0.1, 0.15) is 0 Å². The molecule has 0 saturated carbocycles. The highest BCUT2D eigenvalue weighted by atomic mass is 16.1. The first-order valence-electron chi connectivity index (χ1n) is 3.46. The molecule has 60 valence electrons. The van der Waals surface area contributed by atoms with E-state index in [1.54, 1.807) is 0 Å². The number of carbonyl (C=O) groups excluding carboxylic acids is 1. The van der Waals surface area contributed by atoms with Crippen LogP contribution in [0.3, 0.4) is 0 Å². The van der Waals surface area contributed by atoms with Gasteiger partial charge in [-0.15, -0.1) is 0 Å². The van der Waals surface area contributed by atoms with E-state index < -0.39 is 0 Å². The summed E-state index contributed by atoms with van der Waals surface area (Å²) in [4.78, 5) is 14.8. The predicted molar refractivity (Wildman–Crippen MR) is 47.7 cm³/mol. The van der Waals surface area contributed by atoms with E-state index in [4.69, 9.17) is 0 Å². The Labute approximate surface area is 67.3 Å². The Bertz CT molecular complexity index is 202. The fraction of sp³-hybridized carbons (Fsp3) is 0.333. The highest BCUT2D eigenvalue weighted by Gasteiger charge is 2.08. The molecule has 0 unspecified atom stereocenters. The number of aliphatic imine (C=N–C) groups is 1. The lowest BCUT2D eigenvalue weighted by Crippen LogP contribution is -2.09. The van der Waals surface area contributed by atoms with Gasteiger partial charge in [0.25, 0.3) is 0 Å². The maximum absolute atomic E-state index is 11.1. The van der Waals surface area contributed by atoms with Gasteiger partial charge in [-0.2, -0.15) is 0 Å². The Hall–Kier alpha value is -1.18. The van der Waals surface area contributed by atoms with Crippen LogP contribution in [-0.4, -0.2) is 12.0 Å². The van der Waals surface area contributed by atoms with Crippen LogP contribution in [0.5, 0.6) is 0 Å². The van der Waals surface area contributed by atoms with Crippen molar-refractivity contribution in [3.05, 3.63) is 24.9 Å². The number of carbonyl (C=O) groups is 1. The lowest BCUT2D eigenvalue weighted by Gasteiger charge is -2.00. The number of allylic oxidation sites excluding steroid dienone is 1. The van der Waals surface area contributed by atoms with Gasteiger partial charge in [0, 0.05) is 23.9 Å². The van der Waals surface area contributed by atoms with Crippen molar-refractivity contribution in [2.24, 2.45) is 10.9 Å². The summed E-state index contributed by atoms with van der Waals surface area (Å²) in [5, 5.41) is 0. The Morgan fingerprint density at radius 3 is 2.45 bits per heavy atom. The average Bonchev–Trinajstić information content (AvgIpc) is 1.98. The third-order valence-corrected chi connectivity index (χ3v) is 1.18. The molecule has 0 aliphatic carbocycles. The van der Waals surface area contributed by atoms with Gasteiger partial charge in [-0.05, 0) is 0 Å². The topological polar surface area (TPSA) is 29.4 Å². The fourth-order valence-corrected chi connectivity index (χ4v) is 0.577. The Kier molecular flexibility index (Phi) is 4.11. The van der Waals surface area contributed by atoms with E-state index in [-0.39, 0.29) is 11.7 Å². The molecule has 0 fully saturated rings. The molecule has 0 aliphatic rings. The molecular formula is C9H13NO. The van der Waals surface area contributed by atoms with Gasteiger partial charge >= 0.3 is 0 Å². The van der Waals surface area contributed by atoms with E-state index in [1.807, 2.05) is 13.8 Å². The normalized spacial score (nSPS) is 10.5. The maximum atomic E-state index is 11.1. The van der Waals surface area contributed by atoms with Crippen LogP contribution >= 0.6 is 0 Å². The number of hydrogen-bond donors (Lipinski definition) is 0. The molecule has 0 bridgehead atoms. The van der Waals surface area contributed by atoms with E-state index in [0.717, 1.165) is 0 Å². The van der Waals surface area contributed by atoms with Crippen molar-refractivity contribution in [3.63, 3.8) is 0 Å². The average molecular weight is 151 g/mol. The van der Waals surface area contributed by atoms with Gasteiger partial charge in [0.05, 0.1) is 0 Å². The Balaban J connectivity index is 4.15. The predicted octanol–water partition coefficient (Wildman–Crippen LogP) is 1.98. The van der Waals surface area contributed by atoms with E-state index in [0.29, 0.717) is 5.57 Å². The second-order valence-corrected chi connectivity index (χ2v) is 2.50. The monoisotopic (exact) mass is 151 g/mol. The van der Waals surface area contributed by atoms with Gasteiger partial charge in [0.2, 0.25) is 0 Å². The number of ketones is 1. The van der Waals surface area contributed by atoms with Gasteiger partial charge in [0.15, 0.2) is 5.78 Å². The SMILES string of the molecule is C=C/N=C\C(=C)C(=O)C(C)C. The van der Waals surface area contributed by atoms with Gasteiger partial charge in [-0.25, -0.2) is 0 Å². The second-order valence-electron chi connectivity index (χ2n) is 2.50. The van der Waals surface area contributed by atoms with Crippen LogP contribution in [0.2, 0.25) is 0 Å². The number of rotatable bonds is 4. The second kappa shape index (κ2) is 4.61. The quantitative estimate of drug-likeness (QED) is 0.446. The summed E-state index contributed by atoms with van der Waals surface area (Å²) in [6.07, 6.45) is 2.80. The highest BCUT2D eigenvalue weighted by Crippen LogP contribution is 2.01. The van der Waals surface area contributed by atoms with Crippen LogP contribution in [0, 0.1) is 5.92 Å². The summed E-state index contributed by atoms with van der Waals surface area (Å²) >= 11 is 0. The molecule has 2 nitrogen and oxygen atoms in total. The van der Waals surface area contributed by atoms with Crippen molar-refractivity contribution in [1.82, 2.24) is 0 Å². The zero-order valence-corrected chi connectivity index (χ0v) is 7.00. The Morgan fingerprint density at radius 2 is 2.09 bits per heavy atom. The number of hydrogen-bond acceptors (Lipinski definition) is 2. The smallest absolute Gasteiger partial charge is 0.166 e. The van der Waals surface area contributed by atoms with Crippen molar-refractivity contribution in [2.45, 2.75) is 13.8 Å². The van der Waals surface area contributed by atoms with Crippen LogP contribution in [0.25, 0.3) is 0 Å². The summed E-state index contributed by atoms with van der Waals surface area (Å²) in [5.74, 6) is 0.00867. The first-order chi connectivity index (χ1) is 5.09. The molecule has 2 heteroatoms. The van der Waals surface area contributed by atoms with Crippen LogP contribution in [0.4, 0.5) is 0 Å². The lowest BCUT2D eigenvalue weighted by molar-refractivity contribution is -0.117. The third-order valence-electron chi connectivity index (χ3n) is 1.18. The maximum Gasteiger partial charge on any atom is 0.166 e. The van der Waals surface area contributed by atoms with Crippen molar-refractivity contribution in [2.75, 3.05) is 0 Å². The molecular weight excluding hydrogens is 138 g/mol. The molecule has 0 aromatic heterocycles. The third kappa shape index (κ3) is 3.50. The minimum atomic E-state index is -0.0150. The molecule has 0 aromatic rings. The van der Waals surface area contributed by atoms with Crippen LogP contribution in [0.1, 0.15) is 13.8 Å². The fourth-order valence-electron chi connectivity index (χ4n) is 0.577. The summed E-state index contributed by atoms with van der Waals surface area (Å²) < 4.78 is 0. The van der Waals surface area contributed by atoms with E-state index in [1.165, 1.54) is 12.4 Å². The molecule has 0 heterocycles. The number of Topliss-reactive ketones (excluding diaryl/α,β-unsaturated/α-hetero) is 1. The van der Waals surface area contributed by atoms with E-state index >= 15 is 0 Å². The molecule has 0 N–H and O–H groups in total. The van der Waals surface area contributed by atoms with E-state index in [9.17, 15) is 4.79 Å². The molecule has 0 aromatic carbocycles. The lowest BCUT2D eigenvalue weighted by atomic mass is 10.0. The minimum Gasteiger partial charge on any atom is -0.294 e. The molecule has 0 aliphatic heterocycles. The Morgan fingerprint density at radius 1 is 1.55 bits per heavy atom. The van der Waals surface area contributed by atoms with Crippen molar-refractivity contribution < 1.29 is 4.79 Å². The molecule has 0 radical (unpaired) electrons. The van der Waals surface area contributed by atoms with Crippen molar-refractivity contribution in [1.29, 1.82) is 0 Å². The summed E-state index contributed by atoms with van der Waals surface area (Å²) in [7, 11) is 0. The van der Waals surface area contributed by atoms with Crippen LogP contribution in [-0.2, 0) is 4.79 Å². The molecule has 11 heavy (non-hydrogen) atoms. The van der Waals surface area contributed by atoms with Gasteiger partial charge < -0.3 is 0 Å². The van der Waals surface area contributed by atoms with Crippen molar-refractivity contribution in [3.8, 4) is 0 Å². The zero-order chi connectivity index (χ0) is 8.85. The molecule has 0 atom stereocenters. The zero-order valence-electron chi connectivity index (χ0n) is 7.00. The molecule has 0 rings (SSSR count). The highest BCUT2D eigenvalue weighted by molar-refractivity contribution is 6.13. The van der Waals surface area contributed by atoms with Crippen molar-refractivity contribution >= 4 is 12.0 Å². The largest absolute Gasteiger partial charge is 0.294 e. The van der Waals surface area contributed by atoms with Crippen LogP contribution < -0.4 is 0 Å². The summed E-state index contributed by atoms with van der Waals surface area (Å²) in [6.45, 7) is 10.6. The standard InChI is InChI=1S/C9H13NO/c1-5-10-6-8(4)9(11)7(2)3/h5-7H,1,4H2,2-3H3/b10-6-. The minimum absolute atomic E-state index is 0.0150. The number of nitrogens with zero attached hydrogens (tertiary/aromatic N) is 1. The van der Waals surface area contributed by atoms with Gasteiger partial charge in [-0.3, -0.25) is 9.79 Å².